The molecule has 3 nitrogen and oxygen atoms in total. The maximum Gasteiger partial charge on any atom is 0.161 e. The molecule has 0 bridgehead atoms. The van der Waals surface area contributed by atoms with Gasteiger partial charge in [0, 0.05) is 38.4 Å². The molecule has 13 aromatic rings. The first-order valence-electron chi connectivity index (χ1n) is 21.8. The fourth-order valence-corrected chi connectivity index (χ4v) is 9.96. The molecule has 0 atom stereocenters. The largest absolute Gasteiger partial charge is 0.247 e. The van der Waals surface area contributed by atoms with Crippen molar-refractivity contribution in [3.8, 4) is 56.3 Å². The molecule has 2 heterocycles. The van der Waals surface area contributed by atoms with Crippen molar-refractivity contribution in [3.05, 3.63) is 224 Å². The first-order valence-corrected chi connectivity index (χ1v) is 21.8. The van der Waals surface area contributed by atoms with Crippen LogP contribution in [0.25, 0.3) is 132 Å². The highest BCUT2D eigenvalue weighted by Gasteiger charge is 2.18. The van der Waals surface area contributed by atoms with Crippen LogP contribution >= 0.6 is 0 Å². The van der Waals surface area contributed by atoms with Gasteiger partial charge in [0.05, 0.1) is 22.6 Å². The number of benzene rings is 11. The molecule has 0 saturated carbocycles. The summed E-state index contributed by atoms with van der Waals surface area (Å²) in [6.07, 6.45) is 0. The Labute approximate surface area is 369 Å². The summed E-state index contributed by atoms with van der Waals surface area (Å²) in [6, 6.07) is 80.4. The van der Waals surface area contributed by atoms with E-state index in [1.54, 1.807) is 0 Å². The number of fused-ring (bicyclic) bond motifs is 11. The first-order chi connectivity index (χ1) is 31.7. The molecule has 0 spiro atoms. The van der Waals surface area contributed by atoms with Crippen molar-refractivity contribution in [3.63, 3.8) is 0 Å². The van der Waals surface area contributed by atoms with Crippen LogP contribution in [-0.2, 0) is 0 Å². The maximum atomic E-state index is 5.45. The average molecular weight is 812 g/mol. The van der Waals surface area contributed by atoms with Crippen LogP contribution in [0.15, 0.2) is 224 Å². The lowest BCUT2D eigenvalue weighted by atomic mass is 9.94. The van der Waals surface area contributed by atoms with Crippen LogP contribution < -0.4 is 0 Å². The van der Waals surface area contributed by atoms with Gasteiger partial charge in [-0.15, -0.1) is 0 Å². The number of hydrogen-bond acceptors (Lipinski definition) is 3. The minimum Gasteiger partial charge on any atom is -0.247 e. The molecule has 0 amide bonds. The van der Waals surface area contributed by atoms with Gasteiger partial charge in [-0.1, -0.05) is 200 Å². The number of aromatic nitrogens is 3. The third-order valence-electron chi connectivity index (χ3n) is 13.0. The predicted molar refractivity (Wildman–Crippen MR) is 270 cm³/mol. The quantitative estimate of drug-likeness (QED) is 0.163. The van der Waals surface area contributed by atoms with Gasteiger partial charge in [0.15, 0.2) is 5.82 Å². The molecule has 0 aliphatic rings. The molecule has 3 heteroatoms. The third-order valence-corrected chi connectivity index (χ3v) is 13.0. The molecule has 0 unspecified atom stereocenters. The molecule has 0 aliphatic heterocycles. The Morgan fingerprint density at radius 2 is 0.719 bits per heavy atom. The number of rotatable bonds is 5. The topological polar surface area (TPSA) is 38.7 Å². The second kappa shape index (κ2) is 14.5. The lowest BCUT2D eigenvalue weighted by molar-refractivity contribution is 1.19. The van der Waals surface area contributed by atoms with Gasteiger partial charge < -0.3 is 0 Å². The van der Waals surface area contributed by atoms with Crippen molar-refractivity contribution in [1.29, 1.82) is 0 Å². The Hall–Kier alpha value is -8.53. The van der Waals surface area contributed by atoms with Crippen molar-refractivity contribution in [2.24, 2.45) is 0 Å². The van der Waals surface area contributed by atoms with Gasteiger partial charge in [-0.05, 0) is 89.3 Å². The van der Waals surface area contributed by atoms with Gasteiger partial charge in [0.1, 0.15) is 0 Å². The molecular weight excluding hydrogens is 775 g/mol. The SMILES string of the molecule is c1ccc2c(c1)cc(-c1cc(-c3ccc(-c4ccc(-c5nc6ccccc6c6c5ccc5ccccc56)cc4)cc3)nc(-c3cc4ccccc4c4ccccc34)n1)c1ccccc12. The van der Waals surface area contributed by atoms with E-state index < -0.39 is 0 Å². The van der Waals surface area contributed by atoms with E-state index in [9.17, 15) is 0 Å². The van der Waals surface area contributed by atoms with E-state index in [0.717, 1.165) is 72.1 Å². The van der Waals surface area contributed by atoms with Crippen LogP contribution in [0, 0.1) is 0 Å². The van der Waals surface area contributed by atoms with Crippen LogP contribution in [0.4, 0.5) is 0 Å². The predicted octanol–water partition coefficient (Wildman–Crippen LogP) is 16.3. The first kappa shape index (κ1) is 36.2. The minimum atomic E-state index is 0.703. The van der Waals surface area contributed by atoms with Crippen molar-refractivity contribution in [2.45, 2.75) is 0 Å². The van der Waals surface area contributed by atoms with Crippen molar-refractivity contribution >= 4 is 75.5 Å². The van der Waals surface area contributed by atoms with E-state index in [1.807, 2.05) is 0 Å². The Morgan fingerprint density at radius 1 is 0.250 bits per heavy atom. The van der Waals surface area contributed by atoms with Crippen LogP contribution in [0.2, 0.25) is 0 Å². The van der Waals surface area contributed by atoms with E-state index in [4.69, 9.17) is 15.0 Å². The summed E-state index contributed by atoms with van der Waals surface area (Å²) >= 11 is 0. The average Bonchev–Trinajstić information content (AvgIpc) is 3.37. The van der Waals surface area contributed by atoms with Crippen LogP contribution in [0.1, 0.15) is 0 Å². The molecule has 0 N–H and O–H groups in total. The summed E-state index contributed by atoms with van der Waals surface area (Å²) in [6.45, 7) is 0. The summed E-state index contributed by atoms with van der Waals surface area (Å²) < 4.78 is 0. The Kier molecular flexibility index (Phi) is 8.22. The molecule has 0 aliphatic carbocycles. The summed E-state index contributed by atoms with van der Waals surface area (Å²) in [5, 5.41) is 15.6. The monoisotopic (exact) mass is 811 g/mol. The van der Waals surface area contributed by atoms with Crippen LogP contribution in [0.5, 0.6) is 0 Å². The fourth-order valence-electron chi connectivity index (χ4n) is 9.96. The second-order valence-corrected chi connectivity index (χ2v) is 16.7. The van der Waals surface area contributed by atoms with Gasteiger partial charge in [0.25, 0.3) is 0 Å². The van der Waals surface area contributed by atoms with Crippen molar-refractivity contribution in [1.82, 2.24) is 15.0 Å². The molecule has 0 radical (unpaired) electrons. The molecular formula is C61H37N3. The van der Waals surface area contributed by atoms with E-state index in [2.05, 4.69) is 224 Å². The lowest BCUT2D eigenvalue weighted by Crippen LogP contribution is -1.98. The van der Waals surface area contributed by atoms with Gasteiger partial charge in [-0.3, -0.25) is 0 Å². The Morgan fingerprint density at radius 3 is 1.38 bits per heavy atom. The second-order valence-electron chi connectivity index (χ2n) is 16.7. The van der Waals surface area contributed by atoms with Gasteiger partial charge in [-0.2, -0.15) is 0 Å². The molecule has 0 fully saturated rings. The molecule has 11 aromatic carbocycles. The number of para-hydroxylation sites is 1. The minimum absolute atomic E-state index is 0.703. The van der Waals surface area contributed by atoms with Crippen molar-refractivity contribution in [2.75, 3.05) is 0 Å². The zero-order valence-corrected chi connectivity index (χ0v) is 34.7. The highest BCUT2D eigenvalue weighted by atomic mass is 14.9. The molecule has 0 saturated heterocycles. The number of pyridine rings is 1. The summed E-state index contributed by atoms with van der Waals surface area (Å²) in [7, 11) is 0. The van der Waals surface area contributed by atoms with E-state index in [1.165, 1.54) is 53.9 Å². The highest BCUT2D eigenvalue weighted by Crippen LogP contribution is 2.41. The van der Waals surface area contributed by atoms with Gasteiger partial charge in [0.2, 0.25) is 0 Å². The maximum absolute atomic E-state index is 5.45. The fraction of sp³-hybridized carbons (Fsp3) is 0. The van der Waals surface area contributed by atoms with Gasteiger partial charge >= 0.3 is 0 Å². The Bertz CT molecular complexity index is 3850. The van der Waals surface area contributed by atoms with Crippen molar-refractivity contribution < 1.29 is 0 Å². The summed E-state index contributed by atoms with van der Waals surface area (Å²) in [5.74, 6) is 0.703. The normalized spacial score (nSPS) is 11.8. The van der Waals surface area contributed by atoms with Crippen LogP contribution in [0.3, 0.4) is 0 Å². The molecule has 64 heavy (non-hydrogen) atoms. The van der Waals surface area contributed by atoms with E-state index in [0.29, 0.717) is 5.82 Å². The van der Waals surface area contributed by atoms with E-state index in [-0.39, 0.29) is 0 Å². The highest BCUT2D eigenvalue weighted by molar-refractivity contribution is 6.22. The summed E-state index contributed by atoms with van der Waals surface area (Å²) in [5.41, 5.74) is 10.3. The van der Waals surface area contributed by atoms with Crippen LogP contribution in [-0.4, -0.2) is 15.0 Å². The number of hydrogen-bond donors (Lipinski definition) is 0. The lowest BCUT2D eigenvalue weighted by Gasteiger charge is -2.15. The molecule has 2 aromatic heterocycles. The molecule has 296 valence electrons. The smallest absolute Gasteiger partial charge is 0.161 e. The zero-order valence-electron chi connectivity index (χ0n) is 34.7. The number of nitrogens with zero attached hydrogens (tertiary/aromatic N) is 3. The zero-order chi connectivity index (χ0) is 42.1. The summed E-state index contributed by atoms with van der Waals surface area (Å²) in [4.78, 5) is 16.1. The van der Waals surface area contributed by atoms with Gasteiger partial charge in [-0.25, -0.2) is 15.0 Å². The standard InChI is InChI=1S/C61H37N3/c1-6-18-47-40(13-1)33-34-53-59(47)52-23-11-12-24-56(52)62-60(53)42-31-27-39(28-32-42)38-25-29-41(30-26-38)57-37-58(54-35-43-14-2-4-16-45(43)48-19-7-9-21-50(48)54)64-61(63-57)55-36-44-15-3-5-17-46(44)49-20-8-10-22-51(49)55/h1-37H. The molecule has 13 rings (SSSR count). The van der Waals surface area contributed by atoms with E-state index >= 15 is 0 Å². The third kappa shape index (κ3) is 5.86. The Balaban J connectivity index is 0.936.